The van der Waals surface area contributed by atoms with Gasteiger partial charge in [-0.2, -0.15) is 0 Å². The van der Waals surface area contributed by atoms with E-state index in [9.17, 15) is 0 Å². The average molecular weight is 347 g/mol. The van der Waals surface area contributed by atoms with Crippen LogP contribution in [0.3, 0.4) is 0 Å². The Balaban J connectivity index is 1.52. The largest absolute Gasteiger partial charge is 0.491 e. The van der Waals surface area contributed by atoms with Crippen LogP contribution >= 0.6 is 0 Å². The van der Waals surface area contributed by atoms with Crippen molar-refractivity contribution in [1.82, 2.24) is 0 Å². The zero-order valence-electron chi connectivity index (χ0n) is 14.6. The van der Waals surface area contributed by atoms with Crippen LogP contribution in [-0.4, -0.2) is 24.5 Å². The molecule has 0 radical (unpaired) electrons. The number of rotatable bonds is 7. The maximum Gasteiger partial charge on any atom is 0.203 e. The average Bonchev–Trinajstić information content (AvgIpc) is 2.71. The third-order valence-corrected chi connectivity index (χ3v) is 3.88. The van der Waals surface area contributed by atoms with Crippen molar-refractivity contribution in [3.63, 3.8) is 0 Å². The van der Waals surface area contributed by atoms with E-state index in [1.54, 1.807) is 0 Å². The van der Waals surface area contributed by atoms with Crippen molar-refractivity contribution in [3.8, 4) is 5.75 Å². The Hall–Kier alpha value is -3.11. The Morgan fingerprint density at radius 1 is 1.04 bits per heavy atom. The van der Waals surface area contributed by atoms with E-state index >= 15 is 0 Å². The van der Waals surface area contributed by atoms with Crippen molar-refractivity contribution >= 4 is 17.6 Å². The van der Waals surface area contributed by atoms with Crippen molar-refractivity contribution in [3.05, 3.63) is 90.2 Å². The summed E-state index contributed by atoms with van der Waals surface area (Å²) in [4.78, 5) is 3.30. The van der Waals surface area contributed by atoms with Crippen LogP contribution in [0.5, 0.6) is 5.75 Å². The highest BCUT2D eigenvalue weighted by Crippen LogP contribution is 2.18. The molecule has 1 aliphatic rings. The molecule has 4 nitrogen and oxygen atoms in total. The fraction of sp³-hybridized carbons (Fsp3) is 0.136. The van der Waals surface area contributed by atoms with Gasteiger partial charge in [0.2, 0.25) is 5.69 Å². The Bertz CT molecular complexity index is 819. The van der Waals surface area contributed by atoms with E-state index in [4.69, 9.17) is 9.84 Å². The number of aliphatic hydroxyl groups is 1. The minimum Gasteiger partial charge on any atom is -0.491 e. The minimum absolute atomic E-state index is 0.0201. The summed E-state index contributed by atoms with van der Waals surface area (Å²) in [5, 5.41) is 12.1. The second-order valence-electron chi connectivity index (χ2n) is 5.86. The SMILES string of the molecule is OCCOc1ccc(NC=C2C=CC(C=[NH+]c3ccccc3)=CC2)cc1. The topological polar surface area (TPSA) is 55.5 Å². The standard InChI is InChI=1S/C22H22N2O2/c25-14-15-26-22-12-10-21(11-13-22)24-17-19-8-6-18(7-9-19)16-23-20-4-2-1-3-5-20/h1-8,10-13,16-17,24-25H,9,14-15H2/p+1. The number of aliphatic hydroxyl groups excluding tert-OH is 1. The monoisotopic (exact) mass is 347 g/mol. The fourth-order valence-electron chi connectivity index (χ4n) is 2.48. The smallest absolute Gasteiger partial charge is 0.203 e. The van der Waals surface area contributed by atoms with Gasteiger partial charge < -0.3 is 15.2 Å². The minimum atomic E-state index is 0.0201. The van der Waals surface area contributed by atoms with E-state index in [1.807, 2.05) is 67.0 Å². The predicted octanol–water partition coefficient (Wildman–Crippen LogP) is 2.72. The van der Waals surface area contributed by atoms with Crippen LogP contribution in [0, 0.1) is 0 Å². The van der Waals surface area contributed by atoms with Crippen molar-refractivity contribution in [1.29, 1.82) is 0 Å². The van der Waals surface area contributed by atoms with E-state index in [-0.39, 0.29) is 6.61 Å². The van der Waals surface area contributed by atoms with Gasteiger partial charge in [0.1, 0.15) is 12.4 Å². The molecule has 0 fully saturated rings. The summed E-state index contributed by atoms with van der Waals surface area (Å²) in [7, 11) is 0. The molecule has 0 heterocycles. The van der Waals surface area contributed by atoms with E-state index in [1.165, 1.54) is 5.57 Å². The molecule has 2 aromatic carbocycles. The third-order valence-electron chi connectivity index (χ3n) is 3.88. The molecule has 1 aliphatic carbocycles. The molecule has 4 heteroatoms. The normalized spacial score (nSPS) is 15.3. The zero-order valence-corrected chi connectivity index (χ0v) is 14.6. The molecule has 0 saturated heterocycles. The molecule has 3 N–H and O–H groups in total. The summed E-state index contributed by atoms with van der Waals surface area (Å²) in [6, 6.07) is 17.8. The van der Waals surface area contributed by atoms with Gasteiger partial charge in [-0.3, -0.25) is 0 Å². The van der Waals surface area contributed by atoms with Crippen LogP contribution in [0.25, 0.3) is 0 Å². The molecule has 0 spiro atoms. The lowest BCUT2D eigenvalue weighted by Gasteiger charge is -2.08. The molecule has 0 saturated carbocycles. The molecule has 0 amide bonds. The van der Waals surface area contributed by atoms with Gasteiger partial charge in [-0.05, 0) is 42.3 Å². The molecular weight excluding hydrogens is 324 g/mol. The van der Waals surface area contributed by atoms with Gasteiger partial charge in [0.25, 0.3) is 0 Å². The summed E-state index contributed by atoms with van der Waals surface area (Å²) < 4.78 is 5.35. The van der Waals surface area contributed by atoms with E-state index < -0.39 is 0 Å². The molecule has 26 heavy (non-hydrogen) atoms. The molecular formula is C22H23N2O2+. The molecule has 0 aliphatic heterocycles. The summed E-state index contributed by atoms with van der Waals surface area (Å²) in [5.74, 6) is 0.754. The second-order valence-corrected chi connectivity index (χ2v) is 5.86. The van der Waals surface area contributed by atoms with Gasteiger partial charge in [-0.1, -0.05) is 30.4 Å². The second kappa shape index (κ2) is 9.39. The molecule has 3 rings (SSSR count). The first-order valence-electron chi connectivity index (χ1n) is 8.66. The Labute approximate surface area is 153 Å². The van der Waals surface area contributed by atoms with Gasteiger partial charge in [0.05, 0.1) is 6.61 Å². The van der Waals surface area contributed by atoms with E-state index in [2.05, 4.69) is 28.5 Å². The van der Waals surface area contributed by atoms with Crippen molar-refractivity contribution < 1.29 is 14.8 Å². The lowest BCUT2D eigenvalue weighted by Crippen LogP contribution is -2.61. The number of benzene rings is 2. The number of ether oxygens (including phenoxy) is 1. The van der Waals surface area contributed by atoms with Gasteiger partial charge in [-0.25, -0.2) is 4.99 Å². The van der Waals surface area contributed by atoms with Gasteiger partial charge >= 0.3 is 0 Å². The van der Waals surface area contributed by atoms with Gasteiger partial charge in [0.15, 0.2) is 6.21 Å². The summed E-state index contributed by atoms with van der Waals surface area (Å²) >= 11 is 0. The number of hydrogen-bond donors (Lipinski definition) is 3. The lowest BCUT2D eigenvalue weighted by molar-refractivity contribution is -0.346. The molecule has 0 aromatic heterocycles. The van der Waals surface area contributed by atoms with E-state index in [0.717, 1.165) is 29.1 Å². The van der Waals surface area contributed by atoms with Crippen LogP contribution < -0.4 is 15.0 Å². The lowest BCUT2D eigenvalue weighted by atomic mass is 10.0. The van der Waals surface area contributed by atoms with Gasteiger partial charge in [0, 0.05) is 29.6 Å². The Morgan fingerprint density at radius 2 is 1.85 bits per heavy atom. The van der Waals surface area contributed by atoms with Crippen molar-refractivity contribution in [2.45, 2.75) is 6.42 Å². The third kappa shape index (κ3) is 5.46. The maximum absolute atomic E-state index is 8.76. The first-order chi connectivity index (χ1) is 12.8. The van der Waals surface area contributed by atoms with Crippen molar-refractivity contribution in [2.24, 2.45) is 0 Å². The fourth-order valence-corrected chi connectivity index (χ4v) is 2.48. The van der Waals surface area contributed by atoms with Crippen LogP contribution in [0.2, 0.25) is 0 Å². The first-order valence-corrected chi connectivity index (χ1v) is 8.66. The highest BCUT2D eigenvalue weighted by atomic mass is 16.5. The number of hydrogen-bond acceptors (Lipinski definition) is 3. The highest BCUT2D eigenvalue weighted by Gasteiger charge is 2.02. The summed E-state index contributed by atoms with van der Waals surface area (Å²) in [6.07, 6.45) is 11.3. The Morgan fingerprint density at radius 3 is 2.54 bits per heavy atom. The summed E-state index contributed by atoms with van der Waals surface area (Å²) in [6.45, 7) is 0.332. The van der Waals surface area contributed by atoms with Crippen LogP contribution in [0.4, 0.5) is 11.4 Å². The predicted molar refractivity (Wildman–Crippen MR) is 106 cm³/mol. The Kier molecular flexibility index (Phi) is 6.40. The maximum atomic E-state index is 8.76. The molecule has 0 bridgehead atoms. The highest BCUT2D eigenvalue weighted by molar-refractivity contribution is 5.79. The van der Waals surface area contributed by atoms with Crippen LogP contribution in [0.1, 0.15) is 6.42 Å². The van der Waals surface area contributed by atoms with Crippen molar-refractivity contribution in [2.75, 3.05) is 18.5 Å². The first kappa shape index (κ1) is 17.7. The number of anilines is 1. The van der Waals surface area contributed by atoms with Gasteiger partial charge in [-0.15, -0.1) is 0 Å². The summed E-state index contributed by atoms with van der Waals surface area (Å²) in [5.41, 5.74) is 4.45. The zero-order chi connectivity index (χ0) is 18.0. The van der Waals surface area contributed by atoms with Crippen LogP contribution in [-0.2, 0) is 0 Å². The number of allylic oxidation sites excluding steroid dienone is 5. The molecule has 132 valence electrons. The quantitative estimate of drug-likeness (QED) is 0.675. The molecule has 2 aromatic rings. The number of para-hydroxylation sites is 1. The van der Waals surface area contributed by atoms with Crippen LogP contribution in [0.15, 0.2) is 90.2 Å². The van der Waals surface area contributed by atoms with E-state index in [0.29, 0.717) is 6.61 Å². The molecule has 0 unspecified atom stereocenters. The number of nitrogens with one attached hydrogen (secondary N) is 2. The molecule has 0 atom stereocenters.